The van der Waals surface area contributed by atoms with Crippen molar-refractivity contribution in [2.45, 2.75) is 6.18 Å². The minimum absolute atomic E-state index is 0.0743. The molecule has 1 aromatic carbocycles. The topological polar surface area (TPSA) is 36.7 Å². The summed E-state index contributed by atoms with van der Waals surface area (Å²) < 4.78 is 37.4. The predicted octanol–water partition coefficient (Wildman–Crippen LogP) is 4.80. The summed E-state index contributed by atoms with van der Waals surface area (Å²) in [6.07, 6.45) is -0.553. The molecule has 1 heterocycles. The van der Waals surface area contributed by atoms with E-state index in [0.29, 0.717) is 5.56 Å². The van der Waals surface area contributed by atoms with Gasteiger partial charge in [-0.2, -0.15) is 18.4 Å². The van der Waals surface area contributed by atoms with Crippen LogP contribution in [0.4, 0.5) is 13.2 Å². The van der Waals surface area contributed by atoms with Gasteiger partial charge in [-0.1, -0.05) is 29.8 Å². The van der Waals surface area contributed by atoms with Crippen LogP contribution in [0, 0.1) is 11.3 Å². The number of halogens is 4. The van der Waals surface area contributed by atoms with E-state index in [-0.39, 0.29) is 10.7 Å². The van der Waals surface area contributed by atoms with Crippen molar-refractivity contribution >= 4 is 23.8 Å². The number of nitriles is 1. The van der Waals surface area contributed by atoms with Crippen LogP contribution in [0.5, 0.6) is 0 Å². The molecule has 0 amide bonds. The van der Waals surface area contributed by atoms with Gasteiger partial charge in [0.1, 0.15) is 0 Å². The first-order valence-electron chi connectivity index (χ1n) is 5.81. The van der Waals surface area contributed by atoms with Crippen LogP contribution >= 0.6 is 11.6 Å². The van der Waals surface area contributed by atoms with Crippen molar-refractivity contribution in [3.8, 4) is 6.07 Å². The van der Waals surface area contributed by atoms with Crippen LogP contribution in [0.2, 0.25) is 5.02 Å². The van der Waals surface area contributed by atoms with E-state index in [1.165, 1.54) is 6.08 Å². The Hall–Kier alpha value is -2.32. The van der Waals surface area contributed by atoms with E-state index in [9.17, 15) is 13.2 Å². The fourth-order valence-corrected chi connectivity index (χ4v) is 1.80. The predicted molar refractivity (Wildman–Crippen MR) is 74.3 cm³/mol. The fraction of sp³-hybridized carbons (Fsp3) is 0.0667. The summed E-state index contributed by atoms with van der Waals surface area (Å²) in [4.78, 5) is 3.70. The lowest BCUT2D eigenvalue weighted by molar-refractivity contribution is -0.137. The van der Waals surface area contributed by atoms with Crippen molar-refractivity contribution in [2.75, 3.05) is 0 Å². The lowest BCUT2D eigenvalue weighted by Gasteiger charge is -2.07. The number of alkyl halides is 3. The SMILES string of the molecule is N#Cc1ccc(C=Cc2ncc(C(F)(F)F)cc2Cl)cc1. The molecule has 0 aliphatic heterocycles. The summed E-state index contributed by atoms with van der Waals surface area (Å²) in [6, 6.07) is 9.54. The Balaban J connectivity index is 2.23. The Morgan fingerprint density at radius 2 is 1.81 bits per heavy atom. The van der Waals surface area contributed by atoms with E-state index < -0.39 is 11.7 Å². The molecular weight excluding hydrogens is 301 g/mol. The van der Waals surface area contributed by atoms with E-state index in [2.05, 4.69) is 4.98 Å². The number of nitrogens with zero attached hydrogens (tertiary/aromatic N) is 2. The van der Waals surface area contributed by atoms with Gasteiger partial charge >= 0.3 is 6.18 Å². The van der Waals surface area contributed by atoms with E-state index >= 15 is 0 Å². The number of hydrogen-bond donors (Lipinski definition) is 0. The molecule has 0 saturated heterocycles. The highest BCUT2D eigenvalue weighted by Crippen LogP contribution is 2.31. The van der Waals surface area contributed by atoms with Crippen molar-refractivity contribution in [2.24, 2.45) is 0 Å². The first-order chi connectivity index (χ1) is 9.90. The molecule has 2 aromatic rings. The lowest BCUT2D eigenvalue weighted by atomic mass is 10.1. The van der Waals surface area contributed by atoms with Gasteiger partial charge < -0.3 is 0 Å². The van der Waals surface area contributed by atoms with Crippen LogP contribution in [0.1, 0.15) is 22.4 Å². The summed E-state index contributed by atoms with van der Waals surface area (Å²) in [7, 11) is 0. The number of benzene rings is 1. The Morgan fingerprint density at radius 1 is 1.14 bits per heavy atom. The molecule has 0 radical (unpaired) electrons. The Bertz CT molecular complexity index is 713. The second-order valence-corrected chi connectivity index (χ2v) is 4.56. The third kappa shape index (κ3) is 3.83. The Kier molecular flexibility index (Phi) is 4.29. The summed E-state index contributed by atoms with van der Waals surface area (Å²) in [6.45, 7) is 0. The zero-order valence-electron chi connectivity index (χ0n) is 10.5. The molecule has 0 fully saturated rings. The maximum atomic E-state index is 12.5. The van der Waals surface area contributed by atoms with Gasteiger partial charge in [0.25, 0.3) is 0 Å². The minimum atomic E-state index is -4.47. The van der Waals surface area contributed by atoms with Crippen LogP contribution in [-0.2, 0) is 6.18 Å². The van der Waals surface area contributed by atoms with Crippen LogP contribution < -0.4 is 0 Å². The van der Waals surface area contributed by atoms with Gasteiger partial charge in [-0.3, -0.25) is 4.98 Å². The molecule has 2 nitrogen and oxygen atoms in total. The number of hydrogen-bond acceptors (Lipinski definition) is 2. The maximum absolute atomic E-state index is 12.5. The normalized spacial score (nSPS) is 11.6. The molecule has 0 aliphatic rings. The van der Waals surface area contributed by atoms with Gasteiger partial charge in [-0.05, 0) is 29.8 Å². The highest BCUT2D eigenvalue weighted by atomic mass is 35.5. The van der Waals surface area contributed by atoms with Crippen molar-refractivity contribution in [1.82, 2.24) is 4.98 Å². The molecule has 0 aliphatic carbocycles. The first-order valence-corrected chi connectivity index (χ1v) is 6.19. The summed E-state index contributed by atoms with van der Waals surface area (Å²) in [5.41, 5.74) is 0.668. The summed E-state index contributed by atoms with van der Waals surface area (Å²) in [5, 5.41) is 8.60. The molecule has 0 unspecified atom stereocenters. The monoisotopic (exact) mass is 308 g/mol. The smallest absolute Gasteiger partial charge is 0.255 e. The summed E-state index contributed by atoms with van der Waals surface area (Å²) >= 11 is 5.79. The van der Waals surface area contributed by atoms with Crippen molar-refractivity contribution in [1.29, 1.82) is 5.26 Å². The molecule has 1 aromatic heterocycles. The second-order valence-electron chi connectivity index (χ2n) is 4.16. The molecule has 6 heteroatoms. The van der Waals surface area contributed by atoms with E-state index in [1.54, 1.807) is 30.3 Å². The van der Waals surface area contributed by atoms with Crippen LogP contribution in [0.25, 0.3) is 12.2 Å². The fourth-order valence-electron chi connectivity index (χ4n) is 1.57. The molecule has 0 saturated carbocycles. The van der Waals surface area contributed by atoms with E-state index in [1.807, 2.05) is 6.07 Å². The average molecular weight is 309 g/mol. The van der Waals surface area contributed by atoms with Gasteiger partial charge in [0.15, 0.2) is 0 Å². The van der Waals surface area contributed by atoms with E-state index in [0.717, 1.165) is 17.8 Å². The number of pyridine rings is 1. The van der Waals surface area contributed by atoms with Crippen LogP contribution in [0.3, 0.4) is 0 Å². The standard InChI is InChI=1S/C15H8ClF3N2/c16-13-7-12(15(17,18)19)9-21-14(13)6-5-10-1-3-11(8-20)4-2-10/h1-7,9H. The second kappa shape index (κ2) is 5.98. The van der Waals surface area contributed by atoms with Gasteiger partial charge in [-0.15, -0.1) is 0 Å². The van der Waals surface area contributed by atoms with Crippen molar-refractivity contribution in [3.05, 3.63) is 63.9 Å². The van der Waals surface area contributed by atoms with Crippen molar-refractivity contribution < 1.29 is 13.2 Å². The molecule has 0 bridgehead atoms. The molecule has 106 valence electrons. The van der Waals surface area contributed by atoms with Gasteiger partial charge in [0.2, 0.25) is 0 Å². The van der Waals surface area contributed by atoms with Gasteiger partial charge in [0.05, 0.1) is 27.9 Å². The minimum Gasteiger partial charge on any atom is -0.255 e. The third-order valence-corrected chi connectivity index (χ3v) is 2.97. The number of aromatic nitrogens is 1. The van der Waals surface area contributed by atoms with E-state index in [4.69, 9.17) is 16.9 Å². The molecule has 21 heavy (non-hydrogen) atoms. The number of rotatable bonds is 2. The first kappa shape index (κ1) is 15.1. The third-order valence-electron chi connectivity index (χ3n) is 2.67. The summed E-state index contributed by atoms with van der Waals surface area (Å²) in [5.74, 6) is 0. The van der Waals surface area contributed by atoms with Gasteiger partial charge in [0, 0.05) is 6.20 Å². The molecule has 0 N–H and O–H groups in total. The highest BCUT2D eigenvalue weighted by Gasteiger charge is 2.31. The molecule has 0 atom stereocenters. The zero-order valence-corrected chi connectivity index (χ0v) is 11.3. The van der Waals surface area contributed by atoms with Crippen molar-refractivity contribution in [3.63, 3.8) is 0 Å². The zero-order chi connectivity index (χ0) is 15.5. The molecular formula is C15H8ClF3N2. The maximum Gasteiger partial charge on any atom is 0.417 e. The van der Waals surface area contributed by atoms with Crippen LogP contribution in [0.15, 0.2) is 36.5 Å². The Morgan fingerprint density at radius 3 is 2.33 bits per heavy atom. The largest absolute Gasteiger partial charge is 0.417 e. The molecule has 0 spiro atoms. The highest BCUT2D eigenvalue weighted by molar-refractivity contribution is 6.32. The lowest BCUT2D eigenvalue weighted by Crippen LogP contribution is -2.05. The Labute approximate surface area is 124 Å². The van der Waals surface area contributed by atoms with Gasteiger partial charge in [-0.25, -0.2) is 0 Å². The quantitative estimate of drug-likeness (QED) is 0.799. The van der Waals surface area contributed by atoms with Crippen LogP contribution in [-0.4, -0.2) is 4.98 Å². The molecule has 2 rings (SSSR count). The average Bonchev–Trinajstić information content (AvgIpc) is 2.45.